The molecule has 100 valence electrons. The summed E-state index contributed by atoms with van der Waals surface area (Å²) in [7, 11) is 3.71. The van der Waals surface area contributed by atoms with E-state index in [4.69, 9.17) is 10.5 Å². The van der Waals surface area contributed by atoms with Crippen molar-refractivity contribution in [3.8, 4) is 5.75 Å². The predicted molar refractivity (Wildman–Crippen MR) is 75.0 cm³/mol. The van der Waals surface area contributed by atoms with Crippen LogP contribution in [0.5, 0.6) is 5.75 Å². The Kier molecular flexibility index (Phi) is 3.64. The van der Waals surface area contributed by atoms with E-state index in [1.165, 1.54) is 24.0 Å². The van der Waals surface area contributed by atoms with E-state index in [1.54, 1.807) is 7.11 Å². The molecular formula is C15H24N2O. The molecule has 0 heterocycles. The quantitative estimate of drug-likeness (QED) is 0.840. The van der Waals surface area contributed by atoms with Crippen LogP contribution < -0.4 is 15.8 Å². The topological polar surface area (TPSA) is 47.3 Å². The van der Waals surface area contributed by atoms with Gasteiger partial charge in [-0.05, 0) is 50.9 Å². The standard InChI is InChI=1S/C15H24N2O/c1-10-7-12(13(18-4)8-11(10)2)14(16)15(5-6-15)9-17-3/h7-8,14,17H,5-6,9,16H2,1-4H3. The number of hydrogen-bond acceptors (Lipinski definition) is 3. The zero-order chi connectivity index (χ0) is 13.3. The number of hydrogen-bond donors (Lipinski definition) is 2. The van der Waals surface area contributed by atoms with Gasteiger partial charge in [-0.15, -0.1) is 0 Å². The van der Waals surface area contributed by atoms with Gasteiger partial charge in [-0.1, -0.05) is 6.07 Å². The second-order valence-electron chi connectivity index (χ2n) is 5.55. The molecule has 1 fully saturated rings. The summed E-state index contributed by atoms with van der Waals surface area (Å²) in [4.78, 5) is 0. The van der Waals surface area contributed by atoms with E-state index in [9.17, 15) is 0 Å². The third-order valence-electron chi connectivity index (χ3n) is 4.26. The second kappa shape index (κ2) is 4.90. The Morgan fingerprint density at radius 3 is 2.44 bits per heavy atom. The molecule has 3 heteroatoms. The van der Waals surface area contributed by atoms with Crippen LogP contribution in [0, 0.1) is 19.3 Å². The smallest absolute Gasteiger partial charge is 0.123 e. The van der Waals surface area contributed by atoms with Gasteiger partial charge in [0.15, 0.2) is 0 Å². The maximum absolute atomic E-state index is 6.50. The fourth-order valence-electron chi connectivity index (χ4n) is 2.67. The Balaban J connectivity index is 2.35. The van der Waals surface area contributed by atoms with Crippen molar-refractivity contribution in [1.82, 2.24) is 5.32 Å². The molecule has 1 saturated carbocycles. The van der Waals surface area contributed by atoms with E-state index in [1.807, 2.05) is 7.05 Å². The third-order valence-corrected chi connectivity index (χ3v) is 4.26. The van der Waals surface area contributed by atoms with Crippen molar-refractivity contribution in [1.29, 1.82) is 0 Å². The Labute approximate surface area is 110 Å². The summed E-state index contributed by atoms with van der Waals surface area (Å²) < 4.78 is 5.50. The largest absolute Gasteiger partial charge is 0.496 e. The van der Waals surface area contributed by atoms with Crippen LogP contribution in [0.25, 0.3) is 0 Å². The fourth-order valence-corrected chi connectivity index (χ4v) is 2.67. The van der Waals surface area contributed by atoms with Crippen molar-refractivity contribution in [2.24, 2.45) is 11.1 Å². The average molecular weight is 248 g/mol. The van der Waals surface area contributed by atoms with Gasteiger partial charge in [-0.25, -0.2) is 0 Å². The molecule has 0 amide bonds. The van der Waals surface area contributed by atoms with Crippen LogP contribution >= 0.6 is 0 Å². The number of rotatable bonds is 5. The van der Waals surface area contributed by atoms with Crippen LogP contribution in [0.15, 0.2) is 12.1 Å². The van der Waals surface area contributed by atoms with Crippen LogP contribution in [0.4, 0.5) is 0 Å². The first kappa shape index (κ1) is 13.4. The van der Waals surface area contributed by atoms with Gasteiger partial charge in [0.25, 0.3) is 0 Å². The van der Waals surface area contributed by atoms with E-state index in [0.717, 1.165) is 17.9 Å². The third kappa shape index (κ3) is 2.25. The normalized spacial score (nSPS) is 18.5. The average Bonchev–Trinajstić information content (AvgIpc) is 3.12. The molecule has 0 aromatic heterocycles. The minimum atomic E-state index is 0.0548. The molecule has 0 spiro atoms. The fraction of sp³-hybridized carbons (Fsp3) is 0.600. The molecule has 0 radical (unpaired) electrons. The molecule has 1 aromatic rings. The van der Waals surface area contributed by atoms with E-state index in [-0.39, 0.29) is 11.5 Å². The van der Waals surface area contributed by atoms with Crippen LogP contribution in [-0.4, -0.2) is 20.7 Å². The van der Waals surface area contributed by atoms with Gasteiger partial charge in [0, 0.05) is 23.6 Å². The highest BCUT2D eigenvalue weighted by Gasteiger charge is 2.48. The molecule has 1 aliphatic carbocycles. The van der Waals surface area contributed by atoms with Crippen LogP contribution in [0.2, 0.25) is 0 Å². The molecule has 0 aliphatic heterocycles. The van der Waals surface area contributed by atoms with Crippen LogP contribution in [0.1, 0.15) is 35.6 Å². The Morgan fingerprint density at radius 1 is 1.33 bits per heavy atom. The van der Waals surface area contributed by atoms with Crippen molar-refractivity contribution in [2.75, 3.05) is 20.7 Å². The lowest BCUT2D eigenvalue weighted by Crippen LogP contribution is -2.31. The van der Waals surface area contributed by atoms with E-state index in [2.05, 4.69) is 31.3 Å². The van der Waals surface area contributed by atoms with Crippen molar-refractivity contribution < 1.29 is 4.74 Å². The minimum absolute atomic E-state index is 0.0548. The van der Waals surface area contributed by atoms with Crippen molar-refractivity contribution in [2.45, 2.75) is 32.7 Å². The highest BCUT2D eigenvalue weighted by molar-refractivity contribution is 5.44. The molecule has 3 N–H and O–H groups in total. The number of aryl methyl sites for hydroxylation is 2. The Bertz CT molecular complexity index is 438. The molecular weight excluding hydrogens is 224 g/mol. The lowest BCUT2D eigenvalue weighted by molar-refractivity contribution is 0.363. The van der Waals surface area contributed by atoms with E-state index in [0.29, 0.717) is 0 Å². The molecule has 1 aliphatic rings. The highest BCUT2D eigenvalue weighted by atomic mass is 16.5. The first-order valence-electron chi connectivity index (χ1n) is 6.59. The minimum Gasteiger partial charge on any atom is -0.496 e. The van der Waals surface area contributed by atoms with Gasteiger partial charge < -0.3 is 15.8 Å². The molecule has 0 saturated heterocycles. The number of methoxy groups -OCH3 is 1. The molecule has 1 atom stereocenters. The number of nitrogens with one attached hydrogen (secondary N) is 1. The summed E-state index contributed by atoms with van der Waals surface area (Å²) in [5.74, 6) is 0.924. The molecule has 2 rings (SSSR count). The van der Waals surface area contributed by atoms with Crippen LogP contribution in [-0.2, 0) is 0 Å². The summed E-state index contributed by atoms with van der Waals surface area (Å²) in [6, 6.07) is 4.34. The van der Waals surface area contributed by atoms with Gasteiger partial charge in [-0.2, -0.15) is 0 Å². The Hall–Kier alpha value is -1.06. The summed E-state index contributed by atoms with van der Waals surface area (Å²) in [5, 5.41) is 3.26. The SMILES string of the molecule is CNCC1(C(N)c2cc(C)c(C)cc2OC)CC1. The summed E-state index contributed by atoms with van der Waals surface area (Å²) in [6.45, 7) is 5.21. The highest BCUT2D eigenvalue weighted by Crippen LogP contribution is 2.54. The van der Waals surface area contributed by atoms with Crippen molar-refractivity contribution >= 4 is 0 Å². The van der Waals surface area contributed by atoms with Crippen LogP contribution in [0.3, 0.4) is 0 Å². The van der Waals surface area contributed by atoms with E-state index >= 15 is 0 Å². The second-order valence-corrected chi connectivity index (χ2v) is 5.55. The first-order chi connectivity index (χ1) is 8.54. The predicted octanol–water partition coefficient (Wildman–Crippen LogP) is 2.31. The van der Waals surface area contributed by atoms with Gasteiger partial charge in [0.1, 0.15) is 5.75 Å². The zero-order valence-corrected chi connectivity index (χ0v) is 11.8. The zero-order valence-electron chi connectivity index (χ0n) is 11.8. The van der Waals surface area contributed by atoms with Crippen molar-refractivity contribution in [3.63, 3.8) is 0 Å². The maximum atomic E-state index is 6.50. The van der Waals surface area contributed by atoms with Gasteiger partial charge in [-0.3, -0.25) is 0 Å². The van der Waals surface area contributed by atoms with Crippen molar-refractivity contribution in [3.05, 3.63) is 28.8 Å². The molecule has 1 aromatic carbocycles. The van der Waals surface area contributed by atoms with Gasteiger partial charge >= 0.3 is 0 Å². The van der Waals surface area contributed by atoms with Gasteiger partial charge in [0.05, 0.1) is 7.11 Å². The van der Waals surface area contributed by atoms with Gasteiger partial charge in [0.2, 0.25) is 0 Å². The lowest BCUT2D eigenvalue weighted by Gasteiger charge is -2.26. The summed E-state index contributed by atoms with van der Waals surface area (Å²) >= 11 is 0. The first-order valence-corrected chi connectivity index (χ1v) is 6.59. The maximum Gasteiger partial charge on any atom is 0.123 e. The molecule has 3 nitrogen and oxygen atoms in total. The van der Waals surface area contributed by atoms with E-state index < -0.39 is 0 Å². The molecule has 0 bridgehead atoms. The summed E-state index contributed by atoms with van der Waals surface area (Å²) in [5.41, 5.74) is 10.4. The number of nitrogens with two attached hydrogens (primary N) is 1. The summed E-state index contributed by atoms with van der Waals surface area (Å²) in [6.07, 6.45) is 2.40. The number of benzene rings is 1. The molecule has 1 unspecified atom stereocenters. The lowest BCUT2D eigenvalue weighted by atomic mass is 9.88. The molecule has 18 heavy (non-hydrogen) atoms. The monoisotopic (exact) mass is 248 g/mol. The number of ether oxygens (including phenoxy) is 1. The Morgan fingerprint density at radius 2 is 1.94 bits per heavy atom.